The van der Waals surface area contributed by atoms with Crippen LogP contribution in [0.3, 0.4) is 0 Å². The van der Waals surface area contributed by atoms with E-state index in [2.05, 4.69) is 29.1 Å². The lowest BCUT2D eigenvalue weighted by Gasteiger charge is -2.09. The summed E-state index contributed by atoms with van der Waals surface area (Å²) in [6.45, 7) is 4.93. The number of nitrogens with zero attached hydrogens (tertiary/aromatic N) is 2. The lowest BCUT2D eigenvalue weighted by atomic mass is 10.1. The number of aromatic nitrogens is 2. The quantitative estimate of drug-likeness (QED) is 0.821. The van der Waals surface area contributed by atoms with Crippen molar-refractivity contribution in [3.05, 3.63) is 51.9 Å². The minimum atomic E-state index is 0.467. The molecule has 1 N–H and O–H groups in total. The molecule has 0 fully saturated rings. The number of benzene rings is 1. The predicted octanol–water partition coefficient (Wildman–Crippen LogP) is 4.59. The van der Waals surface area contributed by atoms with E-state index in [1.807, 2.05) is 24.3 Å². The monoisotopic (exact) mass is 309 g/mol. The Hall–Kier alpha value is -1.32. The van der Waals surface area contributed by atoms with Gasteiger partial charge in [-0.2, -0.15) is 0 Å². The summed E-state index contributed by atoms with van der Waals surface area (Å²) in [5.74, 6) is 2.01. The van der Waals surface area contributed by atoms with Gasteiger partial charge >= 0.3 is 0 Å². The van der Waals surface area contributed by atoms with Gasteiger partial charge in [-0.1, -0.05) is 49.2 Å². The number of anilines is 1. The predicted molar refractivity (Wildman–Crippen MR) is 84.4 cm³/mol. The van der Waals surface area contributed by atoms with Crippen molar-refractivity contribution in [2.24, 2.45) is 5.92 Å². The van der Waals surface area contributed by atoms with Crippen LogP contribution in [0.2, 0.25) is 10.2 Å². The first-order valence-electron chi connectivity index (χ1n) is 6.54. The van der Waals surface area contributed by atoms with Crippen molar-refractivity contribution < 1.29 is 0 Å². The molecule has 20 heavy (non-hydrogen) atoms. The second-order valence-electron chi connectivity index (χ2n) is 5.07. The Morgan fingerprint density at radius 2 is 1.80 bits per heavy atom. The Bertz CT molecular complexity index is 568. The SMILES string of the molecule is CC(C)Cc1nc(Cl)cc(NCc2ccc(Cl)cc2)n1. The standard InChI is InChI=1S/C15H17Cl2N3/c1-10(2)7-15-19-13(17)8-14(20-15)18-9-11-3-5-12(16)6-4-11/h3-6,8,10H,7,9H2,1-2H3,(H,18,19,20). The molecule has 1 aromatic heterocycles. The van der Waals surface area contributed by atoms with Gasteiger partial charge in [0.05, 0.1) is 0 Å². The second kappa shape index (κ2) is 6.91. The van der Waals surface area contributed by atoms with E-state index in [0.29, 0.717) is 17.6 Å². The molecule has 0 unspecified atom stereocenters. The van der Waals surface area contributed by atoms with Gasteiger partial charge in [0, 0.05) is 24.1 Å². The molecule has 0 spiro atoms. The molecule has 0 saturated carbocycles. The van der Waals surface area contributed by atoms with Gasteiger partial charge in [0.15, 0.2) is 0 Å². The van der Waals surface area contributed by atoms with E-state index < -0.39 is 0 Å². The van der Waals surface area contributed by atoms with E-state index in [0.717, 1.165) is 28.6 Å². The molecule has 1 heterocycles. The molecule has 5 heteroatoms. The molecule has 0 aliphatic rings. The molecule has 2 aromatic rings. The van der Waals surface area contributed by atoms with Crippen LogP contribution >= 0.6 is 23.2 Å². The van der Waals surface area contributed by atoms with Crippen molar-refractivity contribution in [3.8, 4) is 0 Å². The first kappa shape index (κ1) is 15.1. The molecule has 0 amide bonds. The minimum Gasteiger partial charge on any atom is -0.366 e. The highest BCUT2D eigenvalue weighted by atomic mass is 35.5. The first-order chi connectivity index (χ1) is 9.52. The van der Waals surface area contributed by atoms with Crippen molar-refractivity contribution in [2.45, 2.75) is 26.8 Å². The molecule has 3 nitrogen and oxygen atoms in total. The summed E-state index contributed by atoms with van der Waals surface area (Å²) in [5.41, 5.74) is 1.13. The fourth-order valence-electron chi connectivity index (χ4n) is 1.81. The molecule has 106 valence electrons. The van der Waals surface area contributed by atoms with Crippen molar-refractivity contribution >= 4 is 29.0 Å². The van der Waals surface area contributed by atoms with Crippen LogP contribution in [0.15, 0.2) is 30.3 Å². The topological polar surface area (TPSA) is 37.8 Å². The van der Waals surface area contributed by atoms with Crippen LogP contribution in [-0.4, -0.2) is 9.97 Å². The second-order valence-corrected chi connectivity index (χ2v) is 5.89. The highest BCUT2D eigenvalue weighted by Crippen LogP contribution is 2.15. The van der Waals surface area contributed by atoms with Crippen LogP contribution in [0, 0.1) is 5.92 Å². The molecular weight excluding hydrogens is 293 g/mol. The van der Waals surface area contributed by atoms with Crippen molar-refractivity contribution in [1.29, 1.82) is 0 Å². The average molecular weight is 310 g/mol. The summed E-state index contributed by atoms with van der Waals surface area (Å²) in [7, 11) is 0. The number of hydrogen-bond acceptors (Lipinski definition) is 3. The van der Waals surface area contributed by atoms with Crippen LogP contribution in [0.25, 0.3) is 0 Å². The third-order valence-corrected chi connectivity index (χ3v) is 3.16. The summed E-state index contributed by atoms with van der Waals surface area (Å²) in [6, 6.07) is 9.44. The number of hydrogen-bond donors (Lipinski definition) is 1. The normalized spacial score (nSPS) is 10.8. The zero-order valence-electron chi connectivity index (χ0n) is 11.5. The van der Waals surface area contributed by atoms with E-state index in [9.17, 15) is 0 Å². The van der Waals surface area contributed by atoms with Crippen LogP contribution in [0.4, 0.5) is 5.82 Å². The lowest BCUT2D eigenvalue weighted by molar-refractivity contribution is 0.621. The zero-order chi connectivity index (χ0) is 14.5. The molecular formula is C15H17Cl2N3. The first-order valence-corrected chi connectivity index (χ1v) is 7.30. The lowest BCUT2D eigenvalue weighted by Crippen LogP contribution is -2.06. The molecule has 0 saturated heterocycles. The maximum Gasteiger partial charge on any atom is 0.134 e. The van der Waals surface area contributed by atoms with E-state index >= 15 is 0 Å². The van der Waals surface area contributed by atoms with E-state index in [4.69, 9.17) is 23.2 Å². The number of rotatable bonds is 5. The van der Waals surface area contributed by atoms with E-state index in [-0.39, 0.29) is 0 Å². The molecule has 0 bridgehead atoms. The third-order valence-electron chi connectivity index (χ3n) is 2.72. The summed E-state index contributed by atoms with van der Waals surface area (Å²) < 4.78 is 0. The van der Waals surface area contributed by atoms with Gasteiger partial charge in [0.1, 0.15) is 16.8 Å². The van der Waals surface area contributed by atoms with Gasteiger partial charge in [0.25, 0.3) is 0 Å². The van der Waals surface area contributed by atoms with Gasteiger partial charge in [-0.25, -0.2) is 9.97 Å². The smallest absolute Gasteiger partial charge is 0.134 e. The molecule has 0 radical (unpaired) electrons. The summed E-state index contributed by atoms with van der Waals surface area (Å²) in [4.78, 5) is 8.71. The van der Waals surface area contributed by atoms with E-state index in [1.165, 1.54) is 0 Å². The van der Waals surface area contributed by atoms with Gasteiger partial charge < -0.3 is 5.32 Å². The largest absolute Gasteiger partial charge is 0.366 e. The Kier molecular flexibility index (Phi) is 5.21. The Labute approximate surface area is 129 Å². The fraction of sp³-hybridized carbons (Fsp3) is 0.333. The number of halogens is 2. The summed E-state index contributed by atoms with van der Waals surface area (Å²) in [6.07, 6.45) is 0.816. The molecule has 0 aliphatic heterocycles. The maximum absolute atomic E-state index is 6.03. The van der Waals surface area contributed by atoms with Gasteiger partial charge in [-0.3, -0.25) is 0 Å². The molecule has 0 aliphatic carbocycles. The number of nitrogens with one attached hydrogen (secondary N) is 1. The highest BCUT2D eigenvalue weighted by molar-refractivity contribution is 6.30. The minimum absolute atomic E-state index is 0.467. The molecule has 1 aromatic carbocycles. The van der Waals surface area contributed by atoms with Crippen LogP contribution in [0.5, 0.6) is 0 Å². The van der Waals surface area contributed by atoms with Crippen molar-refractivity contribution in [1.82, 2.24) is 9.97 Å². The average Bonchev–Trinajstić information content (AvgIpc) is 2.36. The fourth-order valence-corrected chi connectivity index (χ4v) is 2.13. The van der Waals surface area contributed by atoms with Crippen molar-refractivity contribution in [2.75, 3.05) is 5.32 Å². The maximum atomic E-state index is 6.03. The van der Waals surface area contributed by atoms with Crippen LogP contribution in [0.1, 0.15) is 25.2 Å². The molecule has 2 rings (SSSR count). The van der Waals surface area contributed by atoms with E-state index in [1.54, 1.807) is 6.07 Å². The van der Waals surface area contributed by atoms with Gasteiger partial charge in [-0.15, -0.1) is 0 Å². The Morgan fingerprint density at radius 1 is 1.10 bits per heavy atom. The summed E-state index contributed by atoms with van der Waals surface area (Å²) in [5, 5.41) is 4.46. The Balaban J connectivity index is 2.05. The molecule has 0 atom stereocenters. The summed E-state index contributed by atoms with van der Waals surface area (Å²) >= 11 is 11.9. The van der Waals surface area contributed by atoms with Crippen molar-refractivity contribution in [3.63, 3.8) is 0 Å². The van der Waals surface area contributed by atoms with Gasteiger partial charge in [0.2, 0.25) is 0 Å². The Morgan fingerprint density at radius 3 is 2.45 bits per heavy atom. The third kappa shape index (κ3) is 4.66. The zero-order valence-corrected chi connectivity index (χ0v) is 13.0. The highest BCUT2D eigenvalue weighted by Gasteiger charge is 2.05. The van der Waals surface area contributed by atoms with Gasteiger partial charge in [-0.05, 0) is 23.6 Å². The van der Waals surface area contributed by atoms with Crippen LogP contribution < -0.4 is 5.32 Å². The van der Waals surface area contributed by atoms with Crippen LogP contribution in [-0.2, 0) is 13.0 Å².